The van der Waals surface area contributed by atoms with E-state index in [9.17, 15) is 0 Å². The summed E-state index contributed by atoms with van der Waals surface area (Å²) in [6, 6.07) is 8.64. The van der Waals surface area contributed by atoms with Crippen LogP contribution in [0, 0.1) is 11.8 Å². The Bertz CT molecular complexity index is 379. The van der Waals surface area contributed by atoms with Gasteiger partial charge < -0.3 is 10.1 Å². The number of rotatable bonds is 7. The highest BCUT2D eigenvalue weighted by molar-refractivity contribution is 5.27. The van der Waals surface area contributed by atoms with E-state index >= 15 is 0 Å². The number of hydrogen-bond donors (Lipinski definition) is 1. The summed E-state index contributed by atoms with van der Waals surface area (Å²) in [6.07, 6.45) is 9.77. The van der Waals surface area contributed by atoms with Crippen molar-refractivity contribution < 1.29 is 4.74 Å². The average Bonchev–Trinajstić information content (AvgIpc) is 2.81. The molecule has 1 aromatic rings. The van der Waals surface area contributed by atoms with Crippen molar-refractivity contribution in [2.24, 2.45) is 11.8 Å². The maximum atomic E-state index is 5.26. The number of hydrogen-bond acceptors (Lipinski definition) is 2. The first-order valence-electron chi connectivity index (χ1n) is 8.67. The molecule has 0 heterocycles. The molecule has 1 atom stereocenters. The number of ether oxygens (including phenoxy) is 1. The van der Waals surface area contributed by atoms with Crippen molar-refractivity contribution in [1.29, 1.82) is 0 Å². The normalized spacial score (nSPS) is 18.2. The van der Waals surface area contributed by atoms with Gasteiger partial charge >= 0.3 is 0 Å². The van der Waals surface area contributed by atoms with Gasteiger partial charge in [0.25, 0.3) is 0 Å². The summed E-state index contributed by atoms with van der Waals surface area (Å²) in [5.41, 5.74) is 1.45. The summed E-state index contributed by atoms with van der Waals surface area (Å²) >= 11 is 0. The van der Waals surface area contributed by atoms with Gasteiger partial charge in [0.15, 0.2) is 0 Å². The Morgan fingerprint density at radius 3 is 2.33 bits per heavy atom. The highest BCUT2D eigenvalue weighted by atomic mass is 16.5. The molecule has 0 aliphatic heterocycles. The van der Waals surface area contributed by atoms with Crippen molar-refractivity contribution in [3.8, 4) is 5.75 Å². The smallest absolute Gasteiger partial charge is 0.118 e. The molecule has 1 N–H and O–H groups in total. The Morgan fingerprint density at radius 1 is 1.10 bits per heavy atom. The van der Waals surface area contributed by atoms with E-state index in [-0.39, 0.29) is 0 Å². The summed E-state index contributed by atoms with van der Waals surface area (Å²) in [4.78, 5) is 0. The monoisotopic (exact) mass is 289 g/mol. The summed E-state index contributed by atoms with van der Waals surface area (Å²) in [5, 5.41) is 3.58. The SMILES string of the molecule is CCNCC(Cc1ccc(OC)cc1)C1CCCCCC1. The minimum atomic E-state index is 0.774. The minimum absolute atomic E-state index is 0.774. The fourth-order valence-corrected chi connectivity index (χ4v) is 3.58. The van der Waals surface area contributed by atoms with E-state index in [4.69, 9.17) is 4.74 Å². The van der Waals surface area contributed by atoms with Crippen LogP contribution in [-0.2, 0) is 6.42 Å². The maximum absolute atomic E-state index is 5.26. The number of nitrogens with one attached hydrogen (secondary N) is 1. The predicted molar refractivity (Wildman–Crippen MR) is 89.9 cm³/mol. The lowest BCUT2D eigenvalue weighted by atomic mass is 9.82. The molecule has 2 nitrogen and oxygen atoms in total. The first kappa shape index (κ1) is 16.4. The van der Waals surface area contributed by atoms with Crippen LogP contribution in [0.5, 0.6) is 5.75 Å². The van der Waals surface area contributed by atoms with Crippen molar-refractivity contribution in [1.82, 2.24) is 5.32 Å². The van der Waals surface area contributed by atoms with Crippen LogP contribution in [0.15, 0.2) is 24.3 Å². The van der Waals surface area contributed by atoms with E-state index in [0.29, 0.717) is 0 Å². The van der Waals surface area contributed by atoms with Crippen molar-refractivity contribution >= 4 is 0 Å². The van der Waals surface area contributed by atoms with Crippen LogP contribution in [0.3, 0.4) is 0 Å². The molecule has 0 spiro atoms. The van der Waals surface area contributed by atoms with Gasteiger partial charge in [0.05, 0.1) is 7.11 Å². The topological polar surface area (TPSA) is 21.3 Å². The van der Waals surface area contributed by atoms with E-state index in [1.54, 1.807) is 7.11 Å². The fraction of sp³-hybridized carbons (Fsp3) is 0.684. The summed E-state index contributed by atoms with van der Waals surface area (Å²) in [6.45, 7) is 4.44. The molecule has 1 aromatic carbocycles. The van der Waals surface area contributed by atoms with Gasteiger partial charge in [-0.15, -0.1) is 0 Å². The van der Waals surface area contributed by atoms with Crippen molar-refractivity contribution in [3.63, 3.8) is 0 Å². The molecule has 1 aliphatic carbocycles. The minimum Gasteiger partial charge on any atom is -0.497 e. The van der Waals surface area contributed by atoms with E-state index < -0.39 is 0 Å². The van der Waals surface area contributed by atoms with Crippen LogP contribution < -0.4 is 10.1 Å². The van der Waals surface area contributed by atoms with Gasteiger partial charge in [0, 0.05) is 0 Å². The lowest BCUT2D eigenvalue weighted by Gasteiger charge is -2.27. The molecule has 1 fully saturated rings. The van der Waals surface area contributed by atoms with Crippen LogP contribution in [0.1, 0.15) is 51.0 Å². The first-order chi connectivity index (χ1) is 10.3. The molecule has 0 bridgehead atoms. The lowest BCUT2D eigenvalue weighted by molar-refractivity contribution is 0.286. The van der Waals surface area contributed by atoms with Gasteiger partial charge in [-0.05, 0) is 49.0 Å². The zero-order valence-corrected chi connectivity index (χ0v) is 13.7. The molecule has 0 saturated heterocycles. The Labute approximate surface area is 130 Å². The third kappa shape index (κ3) is 5.35. The van der Waals surface area contributed by atoms with E-state index in [1.807, 2.05) is 0 Å². The summed E-state index contributed by atoms with van der Waals surface area (Å²) in [5.74, 6) is 2.63. The Hall–Kier alpha value is -1.02. The van der Waals surface area contributed by atoms with Crippen LogP contribution >= 0.6 is 0 Å². The molecular weight excluding hydrogens is 258 g/mol. The molecule has 0 amide bonds. The van der Waals surface area contributed by atoms with E-state index in [0.717, 1.165) is 30.7 Å². The zero-order chi connectivity index (χ0) is 14.9. The predicted octanol–water partition coefficient (Wildman–Crippen LogP) is 4.43. The molecule has 2 rings (SSSR count). The highest BCUT2D eigenvalue weighted by Crippen LogP contribution is 2.31. The van der Waals surface area contributed by atoms with Gasteiger partial charge in [-0.2, -0.15) is 0 Å². The van der Waals surface area contributed by atoms with Crippen LogP contribution in [0.25, 0.3) is 0 Å². The molecule has 2 heteroatoms. The van der Waals surface area contributed by atoms with E-state index in [1.165, 1.54) is 50.5 Å². The first-order valence-corrected chi connectivity index (χ1v) is 8.67. The Balaban J connectivity index is 1.99. The van der Waals surface area contributed by atoms with Gasteiger partial charge in [-0.25, -0.2) is 0 Å². The number of methoxy groups -OCH3 is 1. The molecule has 118 valence electrons. The second-order valence-electron chi connectivity index (χ2n) is 6.37. The third-order valence-corrected chi connectivity index (χ3v) is 4.88. The van der Waals surface area contributed by atoms with Crippen LogP contribution in [0.2, 0.25) is 0 Å². The van der Waals surface area contributed by atoms with Gasteiger partial charge in [0.1, 0.15) is 5.75 Å². The van der Waals surface area contributed by atoms with Crippen LogP contribution in [0.4, 0.5) is 0 Å². The second kappa shape index (κ2) is 9.09. The number of benzene rings is 1. The Kier molecular flexibility index (Phi) is 7.08. The molecule has 1 unspecified atom stereocenters. The average molecular weight is 289 g/mol. The highest BCUT2D eigenvalue weighted by Gasteiger charge is 2.22. The zero-order valence-electron chi connectivity index (χ0n) is 13.7. The molecule has 1 aliphatic rings. The second-order valence-corrected chi connectivity index (χ2v) is 6.37. The standard InChI is InChI=1S/C19H31NO/c1-3-20-15-18(17-8-6-4-5-7-9-17)14-16-10-12-19(21-2)13-11-16/h10-13,17-18,20H,3-9,14-15H2,1-2H3. The molecule has 21 heavy (non-hydrogen) atoms. The summed E-state index contributed by atoms with van der Waals surface area (Å²) < 4.78 is 5.26. The molecular formula is C19H31NO. The van der Waals surface area contributed by atoms with Crippen molar-refractivity contribution in [2.45, 2.75) is 51.9 Å². The van der Waals surface area contributed by atoms with Crippen molar-refractivity contribution in [3.05, 3.63) is 29.8 Å². The summed E-state index contributed by atoms with van der Waals surface area (Å²) in [7, 11) is 1.73. The van der Waals surface area contributed by atoms with Gasteiger partial charge in [0.2, 0.25) is 0 Å². The maximum Gasteiger partial charge on any atom is 0.118 e. The van der Waals surface area contributed by atoms with Gasteiger partial charge in [-0.3, -0.25) is 0 Å². The Morgan fingerprint density at radius 2 is 1.76 bits per heavy atom. The third-order valence-electron chi connectivity index (χ3n) is 4.88. The largest absolute Gasteiger partial charge is 0.497 e. The van der Waals surface area contributed by atoms with E-state index in [2.05, 4.69) is 36.5 Å². The fourth-order valence-electron chi connectivity index (χ4n) is 3.58. The molecule has 0 radical (unpaired) electrons. The molecule has 0 aromatic heterocycles. The van der Waals surface area contributed by atoms with Crippen molar-refractivity contribution in [2.75, 3.05) is 20.2 Å². The van der Waals surface area contributed by atoms with Crippen LogP contribution in [-0.4, -0.2) is 20.2 Å². The van der Waals surface area contributed by atoms with Gasteiger partial charge in [-0.1, -0.05) is 57.6 Å². The lowest BCUT2D eigenvalue weighted by Crippen LogP contribution is -2.29. The quantitative estimate of drug-likeness (QED) is 0.750. The molecule has 1 saturated carbocycles.